The number of carbonyl (C=O) groups is 2. The van der Waals surface area contributed by atoms with Crippen molar-refractivity contribution in [1.82, 2.24) is 10.6 Å². The number of amides is 1. The van der Waals surface area contributed by atoms with Crippen molar-refractivity contribution in [2.75, 3.05) is 13.1 Å². The third-order valence-electron chi connectivity index (χ3n) is 3.49. The molecule has 0 spiro atoms. The van der Waals surface area contributed by atoms with Gasteiger partial charge < -0.3 is 27.8 Å². The van der Waals surface area contributed by atoms with E-state index in [0.717, 1.165) is 19.4 Å². The molecule has 128 valence electrons. The van der Waals surface area contributed by atoms with Gasteiger partial charge in [0, 0.05) is 6.54 Å². The molecule has 1 fully saturated rings. The zero-order valence-electron chi connectivity index (χ0n) is 12.9. The lowest BCUT2D eigenvalue weighted by Crippen LogP contribution is -2.50. The molecular formula is C13H27ClN6O2. The second kappa shape index (κ2) is 10.4. The molecule has 1 aliphatic heterocycles. The van der Waals surface area contributed by atoms with Crippen LogP contribution in [0.4, 0.5) is 0 Å². The molecule has 1 heterocycles. The maximum Gasteiger partial charge on any atom is 0.237 e. The summed E-state index contributed by atoms with van der Waals surface area (Å²) in [6.45, 7) is 2.97. The van der Waals surface area contributed by atoms with Gasteiger partial charge in [-0.2, -0.15) is 0 Å². The number of ketones is 1. The Labute approximate surface area is 137 Å². The van der Waals surface area contributed by atoms with Crippen LogP contribution < -0.4 is 27.8 Å². The van der Waals surface area contributed by atoms with Crippen molar-refractivity contribution in [1.29, 1.82) is 0 Å². The van der Waals surface area contributed by atoms with E-state index in [4.69, 9.17) is 17.2 Å². The van der Waals surface area contributed by atoms with Gasteiger partial charge >= 0.3 is 0 Å². The summed E-state index contributed by atoms with van der Waals surface area (Å²) in [5.41, 5.74) is 16.2. The second-order valence-electron chi connectivity index (χ2n) is 5.34. The van der Waals surface area contributed by atoms with E-state index in [0.29, 0.717) is 19.4 Å². The van der Waals surface area contributed by atoms with Crippen LogP contribution in [0.25, 0.3) is 0 Å². The molecule has 1 rings (SSSR count). The van der Waals surface area contributed by atoms with Crippen LogP contribution in [0.1, 0.15) is 32.6 Å². The number of hydrogen-bond acceptors (Lipinski definition) is 5. The maximum absolute atomic E-state index is 12.1. The number of halogens is 1. The van der Waals surface area contributed by atoms with E-state index in [1.165, 1.54) is 0 Å². The quantitative estimate of drug-likeness (QED) is 0.210. The van der Waals surface area contributed by atoms with Crippen LogP contribution >= 0.6 is 12.4 Å². The first-order valence-corrected chi connectivity index (χ1v) is 7.30. The Hall–Kier alpha value is -1.38. The molecule has 1 aliphatic rings. The molecule has 8 N–H and O–H groups in total. The fraction of sp³-hybridized carbons (Fsp3) is 0.769. The molecule has 1 amide bonds. The number of nitrogens with zero attached hydrogens (tertiary/aromatic N) is 1. The van der Waals surface area contributed by atoms with Crippen LogP contribution in [0.5, 0.6) is 0 Å². The van der Waals surface area contributed by atoms with Gasteiger partial charge in [-0.25, -0.2) is 0 Å². The van der Waals surface area contributed by atoms with Crippen molar-refractivity contribution >= 4 is 30.1 Å². The lowest BCUT2D eigenvalue weighted by atomic mass is 10.0. The van der Waals surface area contributed by atoms with Gasteiger partial charge in [-0.05, 0) is 39.2 Å². The van der Waals surface area contributed by atoms with Gasteiger partial charge in [-0.3, -0.25) is 14.6 Å². The van der Waals surface area contributed by atoms with Crippen molar-refractivity contribution < 1.29 is 9.59 Å². The highest BCUT2D eigenvalue weighted by Gasteiger charge is 2.28. The molecule has 0 aromatic carbocycles. The zero-order chi connectivity index (χ0) is 15.8. The minimum Gasteiger partial charge on any atom is -0.370 e. The van der Waals surface area contributed by atoms with Crippen LogP contribution in [0, 0.1) is 0 Å². The summed E-state index contributed by atoms with van der Waals surface area (Å²) in [5, 5.41) is 5.79. The number of guanidine groups is 1. The van der Waals surface area contributed by atoms with Gasteiger partial charge in [-0.1, -0.05) is 0 Å². The minimum atomic E-state index is -0.661. The first-order chi connectivity index (χ1) is 9.91. The Morgan fingerprint density at radius 1 is 1.41 bits per heavy atom. The molecule has 0 saturated carbocycles. The molecule has 0 radical (unpaired) electrons. The average molecular weight is 335 g/mol. The number of Topliss-reactive ketones (excluding diaryl/α,β-unsaturated/α-hetero) is 1. The molecule has 0 bridgehead atoms. The summed E-state index contributed by atoms with van der Waals surface area (Å²) in [7, 11) is 0. The average Bonchev–Trinajstić information content (AvgIpc) is 2.96. The van der Waals surface area contributed by atoms with E-state index in [9.17, 15) is 9.59 Å². The Bertz CT molecular complexity index is 394. The Morgan fingerprint density at radius 3 is 2.64 bits per heavy atom. The molecule has 0 aliphatic carbocycles. The largest absolute Gasteiger partial charge is 0.370 e. The fourth-order valence-corrected chi connectivity index (χ4v) is 2.27. The second-order valence-corrected chi connectivity index (χ2v) is 5.34. The molecule has 22 heavy (non-hydrogen) atoms. The van der Waals surface area contributed by atoms with E-state index >= 15 is 0 Å². The number of aliphatic imine (C=N–C) groups is 1. The Kier molecular flexibility index (Phi) is 9.71. The molecule has 0 aromatic heterocycles. The number of nitrogens with one attached hydrogen (secondary N) is 2. The summed E-state index contributed by atoms with van der Waals surface area (Å²) in [5.74, 6) is -0.289. The molecule has 1 unspecified atom stereocenters. The molecule has 1 saturated heterocycles. The lowest BCUT2D eigenvalue weighted by molar-refractivity contribution is -0.129. The van der Waals surface area contributed by atoms with Crippen molar-refractivity contribution in [3.8, 4) is 0 Å². The molecule has 3 atom stereocenters. The van der Waals surface area contributed by atoms with Crippen LogP contribution in [-0.2, 0) is 9.59 Å². The fourth-order valence-electron chi connectivity index (χ4n) is 2.27. The van der Waals surface area contributed by atoms with Gasteiger partial charge in [0.1, 0.15) is 0 Å². The van der Waals surface area contributed by atoms with Crippen molar-refractivity contribution in [3.05, 3.63) is 0 Å². The highest BCUT2D eigenvalue weighted by molar-refractivity contribution is 5.93. The highest BCUT2D eigenvalue weighted by atomic mass is 35.5. The van der Waals surface area contributed by atoms with Crippen molar-refractivity contribution in [3.63, 3.8) is 0 Å². The molecule has 8 nitrogen and oxygen atoms in total. The van der Waals surface area contributed by atoms with Gasteiger partial charge in [0.2, 0.25) is 5.91 Å². The van der Waals surface area contributed by atoms with Crippen LogP contribution in [0.15, 0.2) is 4.99 Å². The first kappa shape index (κ1) is 20.6. The molecular weight excluding hydrogens is 308 g/mol. The number of rotatable bonds is 8. The van der Waals surface area contributed by atoms with E-state index in [1.807, 2.05) is 0 Å². The lowest BCUT2D eigenvalue weighted by Gasteiger charge is -2.19. The van der Waals surface area contributed by atoms with Gasteiger partial charge in [-0.15, -0.1) is 12.4 Å². The molecule has 9 heteroatoms. The van der Waals surface area contributed by atoms with Gasteiger partial charge in [0.25, 0.3) is 0 Å². The predicted molar refractivity (Wildman–Crippen MR) is 88.8 cm³/mol. The van der Waals surface area contributed by atoms with Crippen LogP contribution in [0.3, 0.4) is 0 Å². The van der Waals surface area contributed by atoms with E-state index in [-0.39, 0.29) is 36.1 Å². The predicted octanol–water partition coefficient (Wildman–Crippen LogP) is -1.39. The Balaban J connectivity index is 0.00000441. The summed E-state index contributed by atoms with van der Waals surface area (Å²) < 4.78 is 0. The SMILES string of the molecule is CC(NC(=O)[C@@H](N)CCCN=C(N)N)C(=O)[C@@H]1CCCN1.Cl. The Morgan fingerprint density at radius 2 is 2.09 bits per heavy atom. The van der Waals surface area contributed by atoms with Crippen LogP contribution in [-0.4, -0.2) is 48.9 Å². The van der Waals surface area contributed by atoms with Crippen molar-refractivity contribution in [2.45, 2.75) is 50.7 Å². The number of hydrogen-bond donors (Lipinski definition) is 5. The van der Waals surface area contributed by atoms with E-state index in [2.05, 4.69) is 15.6 Å². The van der Waals surface area contributed by atoms with E-state index < -0.39 is 12.1 Å². The normalized spacial score (nSPS) is 19.6. The number of nitrogens with two attached hydrogens (primary N) is 3. The molecule has 0 aromatic rings. The summed E-state index contributed by atoms with van der Waals surface area (Å²) in [4.78, 5) is 27.8. The summed E-state index contributed by atoms with van der Waals surface area (Å²) in [6.07, 6.45) is 2.88. The summed E-state index contributed by atoms with van der Waals surface area (Å²) >= 11 is 0. The van der Waals surface area contributed by atoms with Crippen molar-refractivity contribution in [2.24, 2.45) is 22.2 Å². The third-order valence-corrected chi connectivity index (χ3v) is 3.49. The number of carbonyl (C=O) groups excluding carboxylic acids is 2. The topological polar surface area (TPSA) is 149 Å². The zero-order valence-corrected chi connectivity index (χ0v) is 13.7. The standard InChI is InChI=1S/C13H26N6O2.ClH/c1-8(11(20)10-5-3-6-17-10)19-12(21)9(14)4-2-7-18-13(15)16;/h8-10,17H,2-7,14H2,1H3,(H,19,21)(H4,15,16,18);1H/t8?,9-,10-;/m0./s1. The maximum atomic E-state index is 12.1. The van der Waals surface area contributed by atoms with E-state index in [1.54, 1.807) is 6.92 Å². The van der Waals surface area contributed by atoms with Gasteiger partial charge in [0.15, 0.2) is 11.7 Å². The monoisotopic (exact) mass is 334 g/mol. The first-order valence-electron chi connectivity index (χ1n) is 7.30. The summed E-state index contributed by atoms with van der Waals surface area (Å²) in [6, 6.07) is -1.35. The minimum absolute atomic E-state index is 0. The van der Waals surface area contributed by atoms with Crippen LogP contribution in [0.2, 0.25) is 0 Å². The smallest absolute Gasteiger partial charge is 0.237 e. The highest BCUT2D eigenvalue weighted by Crippen LogP contribution is 2.08. The van der Waals surface area contributed by atoms with Gasteiger partial charge in [0.05, 0.1) is 18.1 Å². The third kappa shape index (κ3) is 7.06.